The highest BCUT2D eigenvalue weighted by Gasteiger charge is 2.16. The molecule has 0 saturated carbocycles. The molecule has 4 nitrogen and oxygen atoms in total. The van der Waals surface area contributed by atoms with Crippen LogP contribution in [0.3, 0.4) is 0 Å². The fourth-order valence-electron chi connectivity index (χ4n) is 1.77. The lowest BCUT2D eigenvalue weighted by Gasteiger charge is -2.15. The van der Waals surface area contributed by atoms with E-state index in [1.54, 1.807) is 11.8 Å². The molecule has 0 atom stereocenters. The van der Waals surface area contributed by atoms with Crippen molar-refractivity contribution in [3.05, 3.63) is 11.5 Å². The van der Waals surface area contributed by atoms with Gasteiger partial charge in [0.1, 0.15) is 5.03 Å². The van der Waals surface area contributed by atoms with Crippen molar-refractivity contribution in [1.82, 2.24) is 9.55 Å². The molecule has 0 amide bonds. The molecular formula is C13H24N2O2SSi. The first-order valence-corrected chi connectivity index (χ1v) is 11.5. The van der Waals surface area contributed by atoms with Gasteiger partial charge in [0.15, 0.2) is 12.1 Å². The van der Waals surface area contributed by atoms with E-state index in [4.69, 9.17) is 4.74 Å². The smallest absolute Gasteiger partial charge is 0.185 e. The Hall–Kier alpha value is -0.593. The molecule has 6 heteroatoms. The van der Waals surface area contributed by atoms with E-state index < -0.39 is 8.07 Å². The minimum absolute atomic E-state index is 0.495. The van der Waals surface area contributed by atoms with Gasteiger partial charge in [-0.3, -0.25) is 4.79 Å². The van der Waals surface area contributed by atoms with Gasteiger partial charge in [-0.1, -0.05) is 19.6 Å². The van der Waals surface area contributed by atoms with Gasteiger partial charge < -0.3 is 9.30 Å². The second-order valence-electron chi connectivity index (χ2n) is 5.65. The maximum atomic E-state index is 11.0. The number of aldehydes is 1. The van der Waals surface area contributed by atoms with Crippen LogP contribution in [0.5, 0.6) is 0 Å². The molecule has 19 heavy (non-hydrogen) atoms. The first-order chi connectivity index (χ1) is 8.92. The van der Waals surface area contributed by atoms with Crippen molar-refractivity contribution in [3.63, 3.8) is 0 Å². The summed E-state index contributed by atoms with van der Waals surface area (Å²) in [5.41, 5.74) is 0.882. The van der Waals surface area contributed by atoms with Gasteiger partial charge in [0.2, 0.25) is 0 Å². The molecule has 0 aliphatic heterocycles. The number of rotatable bonds is 8. The Balaban J connectivity index is 2.68. The molecule has 1 aromatic heterocycles. The fourth-order valence-corrected chi connectivity index (χ4v) is 3.31. The summed E-state index contributed by atoms with van der Waals surface area (Å²) in [6.07, 6.45) is 2.82. The minimum Gasteiger partial charge on any atom is -0.375 e. The highest BCUT2D eigenvalue weighted by Crippen LogP contribution is 2.22. The quantitative estimate of drug-likeness (QED) is 0.320. The molecule has 0 radical (unpaired) electrons. The molecule has 108 valence electrons. The Morgan fingerprint density at radius 2 is 2.11 bits per heavy atom. The zero-order valence-corrected chi connectivity index (χ0v) is 14.3. The number of hydrogen-bond acceptors (Lipinski definition) is 4. The molecule has 0 aromatic carbocycles. The van der Waals surface area contributed by atoms with Crippen LogP contribution in [0.1, 0.15) is 23.2 Å². The van der Waals surface area contributed by atoms with Gasteiger partial charge in [-0.25, -0.2) is 4.98 Å². The Morgan fingerprint density at radius 3 is 2.58 bits per heavy atom. The van der Waals surface area contributed by atoms with Crippen LogP contribution >= 0.6 is 11.8 Å². The zero-order chi connectivity index (χ0) is 14.5. The normalized spacial score (nSPS) is 11.8. The van der Waals surface area contributed by atoms with E-state index in [1.165, 1.54) is 0 Å². The zero-order valence-electron chi connectivity index (χ0n) is 12.5. The summed E-state index contributed by atoms with van der Waals surface area (Å²) in [7, 11) is -1.05. The first-order valence-electron chi connectivity index (χ1n) is 6.59. The number of carbonyl (C=O) groups excluding carboxylic acids is 1. The van der Waals surface area contributed by atoms with Gasteiger partial charge in [-0.05, 0) is 19.2 Å². The Labute approximate surface area is 120 Å². The SMILES string of the molecule is CCn1c(C=O)nc(COCC[Si](C)(C)C)c1SC. The maximum Gasteiger partial charge on any atom is 0.185 e. The molecule has 1 heterocycles. The Kier molecular flexibility index (Phi) is 6.29. The summed E-state index contributed by atoms with van der Waals surface area (Å²) in [5.74, 6) is 0.496. The van der Waals surface area contributed by atoms with Crippen LogP contribution in [0.15, 0.2) is 5.03 Å². The summed E-state index contributed by atoms with van der Waals surface area (Å²) in [6.45, 7) is 11.0. The Morgan fingerprint density at radius 1 is 1.42 bits per heavy atom. The van der Waals surface area contributed by atoms with Crippen LogP contribution in [0, 0.1) is 0 Å². The number of carbonyl (C=O) groups is 1. The second-order valence-corrected chi connectivity index (χ2v) is 12.1. The first kappa shape index (κ1) is 16.5. The molecule has 0 N–H and O–H groups in total. The largest absolute Gasteiger partial charge is 0.375 e. The van der Waals surface area contributed by atoms with Crippen molar-refractivity contribution in [2.45, 2.75) is 50.8 Å². The van der Waals surface area contributed by atoms with Gasteiger partial charge in [0, 0.05) is 21.2 Å². The average Bonchev–Trinajstić information content (AvgIpc) is 2.70. The molecule has 0 unspecified atom stereocenters. The van der Waals surface area contributed by atoms with Crippen molar-refractivity contribution < 1.29 is 9.53 Å². The third-order valence-corrected chi connectivity index (χ3v) is 5.42. The number of ether oxygens (including phenoxy) is 1. The molecule has 0 spiro atoms. The van der Waals surface area contributed by atoms with Crippen LogP contribution in [0.25, 0.3) is 0 Å². The van der Waals surface area contributed by atoms with Gasteiger partial charge in [-0.15, -0.1) is 11.8 Å². The molecule has 1 rings (SSSR count). The van der Waals surface area contributed by atoms with Crippen LogP contribution in [-0.2, 0) is 17.9 Å². The molecule has 0 fully saturated rings. The summed E-state index contributed by atoms with van der Waals surface area (Å²) in [5, 5.41) is 1.04. The van der Waals surface area contributed by atoms with E-state index in [-0.39, 0.29) is 0 Å². The lowest BCUT2D eigenvalue weighted by atomic mass is 10.5. The van der Waals surface area contributed by atoms with Crippen molar-refractivity contribution in [2.75, 3.05) is 12.9 Å². The summed E-state index contributed by atoms with van der Waals surface area (Å²) >= 11 is 1.62. The van der Waals surface area contributed by atoms with E-state index in [1.807, 2.05) is 17.7 Å². The lowest BCUT2D eigenvalue weighted by Crippen LogP contribution is -2.21. The topological polar surface area (TPSA) is 44.1 Å². The summed E-state index contributed by atoms with van der Waals surface area (Å²) in [4.78, 5) is 15.4. The molecule has 0 saturated heterocycles. The summed E-state index contributed by atoms with van der Waals surface area (Å²) in [6, 6.07) is 1.15. The highest BCUT2D eigenvalue weighted by molar-refractivity contribution is 7.98. The van der Waals surface area contributed by atoms with Crippen molar-refractivity contribution in [3.8, 4) is 0 Å². The number of aromatic nitrogens is 2. The molecular weight excluding hydrogens is 276 g/mol. The summed E-state index contributed by atoms with van der Waals surface area (Å²) < 4.78 is 7.66. The van der Waals surface area contributed by atoms with Crippen molar-refractivity contribution in [1.29, 1.82) is 0 Å². The van der Waals surface area contributed by atoms with Crippen LogP contribution in [0.4, 0.5) is 0 Å². The number of imidazole rings is 1. The predicted octanol–water partition coefficient (Wildman–Crippen LogP) is 3.29. The lowest BCUT2D eigenvalue weighted by molar-refractivity contribution is 0.111. The van der Waals surface area contributed by atoms with Crippen molar-refractivity contribution >= 4 is 26.1 Å². The van der Waals surface area contributed by atoms with Gasteiger partial charge in [-0.2, -0.15) is 0 Å². The molecule has 0 bridgehead atoms. The molecule has 1 aromatic rings. The Bertz CT molecular complexity index is 427. The van der Waals surface area contributed by atoms with Crippen LogP contribution in [-0.4, -0.2) is 36.8 Å². The number of nitrogens with zero attached hydrogens (tertiary/aromatic N) is 2. The number of hydrogen-bond donors (Lipinski definition) is 0. The van der Waals surface area contributed by atoms with E-state index in [0.717, 1.165) is 36.2 Å². The average molecular weight is 300 g/mol. The van der Waals surface area contributed by atoms with E-state index >= 15 is 0 Å². The molecule has 0 aliphatic carbocycles. The maximum absolute atomic E-state index is 11.0. The minimum atomic E-state index is -1.05. The van der Waals surface area contributed by atoms with Crippen molar-refractivity contribution in [2.24, 2.45) is 0 Å². The number of thioether (sulfide) groups is 1. The molecule has 0 aliphatic rings. The predicted molar refractivity (Wildman–Crippen MR) is 82.9 cm³/mol. The van der Waals surface area contributed by atoms with Crippen LogP contribution in [0.2, 0.25) is 25.7 Å². The van der Waals surface area contributed by atoms with Crippen LogP contribution < -0.4 is 0 Å². The van der Waals surface area contributed by atoms with E-state index in [2.05, 4.69) is 24.6 Å². The standard InChI is InChI=1S/C13H24N2O2SSi/c1-6-15-12(9-16)14-11(13(15)18-2)10-17-7-8-19(3,4)5/h9H,6-8,10H2,1-5H3. The van der Waals surface area contributed by atoms with E-state index in [0.29, 0.717) is 12.4 Å². The third kappa shape index (κ3) is 4.78. The van der Waals surface area contributed by atoms with Gasteiger partial charge in [0.05, 0.1) is 12.3 Å². The third-order valence-electron chi connectivity index (χ3n) is 2.87. The monoisotopic (exact) mass is 300 g/mol. The van der Waals surface area contributed by atoms with E-state index in [9.17, 15) is 4.79 Å². The fraction of sp³-hybridized carbons (Fsp3) is 0.692. The van der Waals surface area contributed by atoms with Gasteiger partial charge >= 0.3 is 0 Å². The highest BCUT2D eigenvalue weighted by atomic mass is 32.2. The second kappa shape index (κ2) is 7.26. The van der Waals surface area contributed by atoms with Gasteiger partial charge in [0.25, 0.3) is 0 Å².